The number of rotatable bonds is 3. The van der Waals surface area contributed by atoms with Gasteiger partial charge in [0.2, 0.25) is 0 Å². The van der Waals surface area contributed by atoms with Crippen LogP contribution in [0.3, 0.4) is 0 Å². The molecule has 0 spiro atoms. The molecule has 0 radical (unpaired) electrons. The molecule has 2 aromatic heterocycles. The summed E-state index contributed by atoms with van der Waals surface area (Å²) in [6.45, 7) is 0. The van der Waals surface area contributed by atoms with Crippen LogP contribution in [0.25, 0.3) is 11.1 Å². The molecule has 0 saturated carbocycles. The Labute approximate surface area is 97.5 Å². The highest BCUT2D eigenvalue weighted by molar-refractivity contribution is 6.09. The number of aldehydes is 1. The summed E-state index contributed by atoms with van der Waals surface area (Å²) in [5.41, 5.74) is 7.66. The highest BCUT2D eigenvalue weighted by atomic mass is 16.1. The van der Waals surface area contributed by atoms with Gasteiger partial charge < -0.3 is 5.73 Å². The molecule has 0 amide bonds. The molecule has 0 aliphatic rings. The Hall–Kier alpha value is -2.50. The Kier molecular flexibility index (Phi) is 2.95. The maximum Gasteiger partial charge on any atom is 0.170 e. The third kappa shape index (κ3) is 1.92. The van der Waals surface area contributed by atoms with Crippen LogP contribution in [0.5, 0.6) is 0 Å². The lowest BCUT2D eigenvalue weighted by molar-refractivity contribution is 0.112. The number of carbonyl (C=O) groups excluding carboxylic acids is 1. The van der Waals surface area contributed by atoms with Gasteiger partial charge in [0, 0.05) is 25.0 Å². The Morgan fingerprint density at radius 3 is 3.06 bits per heavy atom. The van der Waals surface area contributed by atoms with E-state index in [0.717, 1.165) is 0 Å². The van der Waals surface area contributed by atoms with Crippen LogP contribution in [0.1, 0.15) is 16.2 Å². The van der Waals surface area contributed by atoms with Gasteiger partial charge in [0.1, 0.15) is 5.69 Å². The van der Waals surface area contributed by atoms with E-state index in [1.807, 2.05) is 0 Å². The number of aromatic nitrogens is 3. The van der Waals surface area contributed by atoms with E-state index in [1.165, 1.54) is 6.20 Å². The fourth-order valence-corrected chi connectivity index (χ4v) is 1.51. The molecule has 2 N–H and O–H groups in total. The molecule has 0 saturated heterocycles. The lowest BCUT2D eigenvalue weighted by Crippen LogP contribution is -2.03. The second kappa shape index (κ2) is 4.56. The number of hydrogen-bond donors (Lipinski definition) is 1. The first-order valence-electron chi connectivity index (χ1n) is 4.94. The topological polar surface area (TPSA) is 85.6 Å². The van der Waals surface area contributed by atoms with Crippen molar-refractivity contribution in [2.45, 2.75) is 0 Å². The number of nitrogens with zero attached hydrogens (tertiary/aromatic N) is 4. The zero-order chi connectivity index (χ0) is 12.3. The molecule has 0 unspecified atom stereocenters. The van der Waals surface area contributed by atoms with Gasteiger partial charge in [0.05, 0.1) is 23.6 Å². The largest absolute Gasteiger partial charge is 0.404 e. The third-order valence-corrected chi connectivity index (χ3v) is 2.27. The molecule has 0 fully saturated rings. The SMILES string of the molecule is CN=C/C(=C\N)c1cn2nccc2c(C=O)n1. The first-order valence-corrected chi connectivity index (χ1v) is 4.94. The van der Waals surface area contributed by atoms with Gasteiger partial charge in [0.25, 0.3) is 0 Å². The second-order valence-electron chi connectivity index (χ2n) is 3.30. The molecule has 0 aliphatic heterocycles. The quantitative estimate of drug-likeness (QED) is 0.615. The number of fused-ring (bicyclic) bond motifs is 1. The molecule has 2 aromatic rings. The van der Waals surface area contributed by atoms with E-state index in [-0.39, 0.29) is 0 Å². The van der Waals surface area contributed by atoms with Crippen LogP contribution >= 0.6 is 0 Å². The maximum atomic E-state index is 11.0. The standard InChI is InChI=1S/C11H11N5O/c1-13-5-8(4-12)9-6-16-11(2-3-14-16)10(7-17)15-9/h2-7H,12H2,1H3/b8-4+,13-5?. The highest BCUT2D eigenvalue weighted by Crippen LogP contribution is 2.13. The van der Waals surface area contributed by atoms with Crippen molar-refractivity contribution in [2.75, 3.05) is 7.05 Å². The lowest BCUT2D eigenvalue weighted by atomic mass is 10.2. The van der Waals surface area contributed by atoms with Gasteiger partial charge in [-0.15, -0.1) is 0 Å². The van der Waals surface area contributed by atoms with Crippen molar-refractivity contribution in [3.05, 3.63) is 36.0 Å². The van der Waals surface area contributed by atoms with Crippen LogP contribution in [0, 0.1) is 0 Å². The van der Waals surface area contributed by atoms with Gasteiger partial charge in [0.15, 0.2) is 6.29 Å². The molecule has 2 heterocycles. The summed E-state index contributed by atoms with van der Waals surface area (Å²) in [6, 6.07) is 1.72. The van der Waals surface area contributed by atoms with E-state index in [4.69, 9.17) is 5.73 Å². The van der Waals surface area contributed by atoms with E-state index in [9.17, 15) is 4.79 Å². The van der Waals surface area contributed by atoms with Gasteiger partial charge in [-0.3, -0.25) is 9.79 Å². The van der Waals surface area contributed by atoms with Crippen molar-refractivity contribution in [1.29, 1.82) is 0 Å². The van der Waals surface area contributed by atoms with Crippen LogP contribution in [0.15, 0.2) is 29.7 Å². The molecule has 17 heavy (non-hydrogen) atoms. The molecule has 0 bridgehead atoms. The van der Waals surface area contributed by atoms with Crippen LogP contribution in [-0.4, -0.2) is 34.1 Å². The molecule has 86 valence electrons. The Bertz CT molecular complexity index is 611. The fourth-order valence-electron chi connectivity index (χ4n) is 1.51. The monoisotopic (exact) mass is 229 g/mol. The zero-order valence-corrected chi connectivity index (χ0v) is 9.24. The minimum absolute atomic E-state index is 0.323. The summed E-state index contributed by atoms with van der Waals surface area (Å²) >= 11 is 0. The summed E-state index contributed by atoms with van der Waals surface area (Å²) in [5.74, 6) is 0. The molecular weight excluding hydrogens is 218 g/mol. The van der Waals surface area contributed by atoms with Crippen LogP contribution < -0.4 is 5.73 Å². The molecular formula is C11H11N5O. The van der Waals surface area contributed by atoms with E-state index in [1.54, 1.807) is 36.2 Å². The number of carbonyl (C=O) groups is 1. The summed E-state index contributed by atoms with van der Waals surface area (Å²) < 4.78 is 1.58. The first-order chi connectivity index (χ1) is 8.30. The fraction of sp³-hybridized carbons (Fsp3) is 0.0909. The number of allylic oxidation sites excluding steroid dienone is 1. The molecule has 0 atom stereocenters. The number of nitrogens with two attached hydrogens (primary N) is 1. The predicted molar refractivity (Wildman–Crippen MR) is 65.0 cm³/mol. The molecule has 2 rings (SSSR count). The average Bonchev–Trinajstić information content (AvgIpc) is 2.82. The van der Waals surface area contributed by atoms with Gasteiger partial charge in [-0.1, -0.05) is 0 Å². The van der Waals surface area contributed by atoms with Crippen molar-refractivity contribution in [3.8, 4) is 0 Å². The van der Waals surface area contributed by atoms with Gasteiger partial charge in [-0.05, 0) is 6.07 Å². The summed E-state index contributed by atoms with van der Waals surface area (Å²) in [5, 5.41) is 4.07. The summed E-state index contributed by atoms with van der Waals surface area (Å²) in [7, 11) is 1.64. The summed E-state index contributed by atoms with van der Waals surface area (Å²) in [4.78, 5) is 19.0. The van der Waals surface area contributed by atoms with Crippen LogP contribution in [-0.2, 0) is 0 Å². The van der Waals surface area contributed by atoms with E-state index in [2.05, 4.69) is 15.1 Å². The zero-order valence-electron chi connectivity index (χ0n) is 9.24. The first kappa shape index (κ1) is 11.0. The van der Waals surface area contributed by atoms with Crippen molar-refractivity contribution in [2.24, 2.45) is 10.7 Å². The normalized spacial score (nSPS) is 12.4. The summed E-state index contributed by atoms with van der Waals surface area (Å²) in [6.07, 6.45) is 6.96. The van der Waals surface area contributed by atoms with E-state index >= 15 is 0 Å². The molecule has 6 heteroatoms. The van der Waals surface area contributed by atoms with Gasteiger partial charge in [-0.2, -0.15) is 5.10 Å². The molecule has 0 aliphatic carbocycles. The van der Waals surface area contributed by atoms with Gasteiger partial charge in [-0.25, -0.2) is 9.50 Å². The van der Waals surface area contributed by atoms with Crippen molar-refractivity contribution in [1.82, 2.24) is 14.6 Å². The highest BCUT2D eigenvalue weighted by Gasteiger charge is 2.08. The van der Waals surface area contributed by atoms with Crippen LogP contribution in [0.2, 0.25) is 0 Å². The maximum absolute atomic E-state index is 11.0. The number of hydrogen-bond acceptors (Lipinski definition) is 5. The second-order valence-corrected chi connectivity index (χ2v) is 3.30. The Morgan fingerprint density at radius 1 is 1.59 bits per heavy atom. The van der Waals surface area contributed by atoms with Crippen molar-refractivity contribution < 1.29 is 4.79 Å². The van der Waals surface area contributed by atoms with E-state index < -0.39 is 0 Å². The van der Waals surface area contributed by atoms with Crippen LogP contribution in [0.4, 0.5) is 0 Å². The Morgan fingerprint density at radius 2 is 2.41 bits per heavy atom. The average molecular weight is 229 g/mol. The van der Waals surface area contributed by atoms with E-state index in [0.29, 0.717) is 28.8 Å². The predicted octanol–water partition coefficient (Wildman–Crippen LogP) is 0.542. The minimum atomic E-state index is 0.323. The number of aliphatic imine (C=N–C) groups is 1. The third-order valence-electron chi connectivity index (χ3n) is 2.27. The smallest absolute Gasteiger partial charge is 0.170 e. The molecule has 6 nitrogen and oxygen atoms in total. The van der Waals surface area contributed by atoms with Gasteiger partial charge >= 0.3 is 0 Å². The Balaban J connectivity index is 2.66. The molecule has 0 aromatic carbocycles. The lowest BCUT2D eigenvalue weighted by Gasteiger charge is -2.03. The van der Waals surface area contributed by atoms with Crippen molar-refractivity contribution in [3.63, 3.8) is 0 Å². The van der Waals surface area contributed by atoms with Crippen molar-refractivity contribution >= 4 is 23.6 Å². The minimum Gasteiger partial charge on any atom is -0.404 e.